The quantitative estimate of drug-likeness (QED) is 0.718. The predicted octanol–water partition coefficient (Wildman–Crippen LogP) is 1.62. The fraction of sp³-hybridized carbons (Fsp3) is 0.455. The third kappa shape index (κ3) is 4.27. The minimum atomic E-state index is -0.970. The molecule has 88 valence electrons. The molecule has 16 heavy (non-hydrogen) atoms. The van der Waals surface area contributed by atoms with Gasteiger partial charge < -0.3 is 15.2 Å². The lowest BCUT2D eigenvalue weighted by Crippen LogP contribution is -2.13. The van der Waals surface area contributed by atoms with Gasteiger partial charge >= 0.3 is 5.97 Å². The summed E-state index contributed by atoms with van der Waals surface area (Å²) in [5.74, 6) is -0.320. The summed E-state index contributed by atoms with van der Waals surface area (Å²) >= 11 is 0. The Labute approximate surface area is 94.5 Å². The molecule has 1 rings (SSSR count). The van der Waals surface area contributed by atoms with E-state index in [0.717, 1.165) is 0 Å². The van der Waals surface area contributed by atoms with Gasteiger partial charge in [0.2, 0.25) is 0 Å². The van der Waals surface area contributed by atoms with Crippen LogP contribution in [0.1, 0.15) is 24.2 Å². The molecule has 0 bridgehead atoms. The molecule has 0 saturated carbocycles. The predicted molar refractivity (Wildman–Crippen MR) is 60.8 cm³/mol. The molecule has 2 N–H and O–H groups in total. The third-order valence-corrected chi connectivity index (χ3v) is 1.87. The number of anilines is 1. The molecule has 5 nitrogen and oxygen atoms in total. The van der Waals surface area contributed by atoms with Crippen LogP contribution < -0.4 is 5.32 Å². The van der Waals surface area contributed by atoms with Crippen LogP contribution in [-0.2, 0) is 4.74 Å². The zero-order valence-corrected chi connectivity index (χ0v) is 9.43. The lowest BCUT2D eigenvalue weighted by Gasteiger charge is -2.08. The summed E-state index contributed by atoms with van der Waals surface area (Å²) in [6.45, 7) is 5.19. The van der Waals surface area contributed by atoms with Gasteiger partial charge in [0.15, 0.2) is 0 Å². The number of aromatic nitrogens is 1. The number of ether oxygens (including phenoxy) is 1. The van der Waals surface area contributed by atoms with E-state index in [9.17, 15) is 4.79 Å². The van der Waals surface area contributed by atoms with E-state index in [2.05, 4.69) is 10.3 Å². The van der Waals surface area contributed by atoms with Gasteiger partial charge in [0.1, 0.15) is 5.82 Å². The highest BCUT2D eigenvalue weighted by Gasteiger charge is 2.02. The van der Waals surface area contributed by atoms with E-state index in [1.54, 1.807) is 6.07 Å². The van der Waals surface area contributed by atoms with Crippen LogP contribution in [0.15, 0.2) is 18.3 Å². The maximum absolute atomic E-state index is 10.6. The Morgan fingerprint density at radius 3 is 2.81 bits per heavy atom. The van der Waals surface area contributed by atoms with Gasteiger partial charge in [-0.25, -0.2) is 9.78 Å². The van der Waals surface area contributed by atoms with Crippen molar-refractivity contribution in [3.8, 4) is 0 Å². The molecule has 0 aromatic carbocycles. The number of carboxylic acid groups (broad SMARTS) is 1. The van der Waals surface area contributed by atoms with Crippen LogP contribution >= 0.6 is 0 Å². The first-order valence-electron chi connectivity index (χ1n) is 5.14. The molecule has 0 aliphatic carbocycles. The summed E-state index contributed by atoms with van der Waals surface area (Å²) < 4.78 is 5.34. The highest BCUT2D eigenvalue weighted by atomic mass is 16.5. The number of rotatable bonds is 6. The van der Waals surface area contributed by atoms with E-state index in [1.807, 2.05) is 13.8 Å². The topological polar surface area (TPSA) is 71.5 Å². The average molecular weight is 224 g/mol. The summed E-state index contributed by atoms with van der Waals surface area (Å²) in [5, 5.41) is 11.7. The summed E-state index contributed by atoms with van der Waals surface area (Å²) in [5.41, 5.74) is 0.184. The van der Waals surface area contributed by atoms with Crippen molar-refractivity contribution >= 4 is 11.8 Å². The summed E-state index contributed by atoms with van der Waals surface area (Å²) in [4.78, 5) is 14.5. The van der Waals surface area contributed by atoms with Crippen LogP contribution in [0.2, 0.25) is 0 Å². The average Bonchev–Trinajstić information content (AvgIpc) is 2.25. The normalized spacial score (nSPS) is 10.4. The summed E-state index contributed by atoms with van der Waals surface area (Å²) in [6.07, 6.45) is 1.54. The smallest absolute Gasteiger partial charge is 0.337 e. The fourth-order valence-corrected chi connectivity index (χ4v) is 1.10. The van der Waals surface area contributed by atoms with E-state index in [0.29, 0.717) is 19.0 Å². The maximum atomic E-state index is 10.6. The van der Waals surface area contributed by atoms with Gasteiger partial charge in [-0.15, -0.1) is 0 Å². The van der Waals surface area contributed by atoms with Crippen LogP contribution in [0.25, 0.3) is 0 Å². The molecule has 0 atom stereocenters. The molecule has 0 spiro atoms. The first-order chi connectivity index (χ1) is 7.59. The van der Waals surface area contributed by atoms with Gasteiger partial charge in [-0.1, -0.05) is 0 Å². The number of hydrogen-bond acceptors (Lipinski definition) is 4. The standard InChI is InChI=1S/C11H16N2O3/c1-8(2)16-6-5-12-10-4-3-9(7-13-10)11(14)15/h3-4,7-8H,5-6H2,1-2H3,(H,12,13)(H,14,15). The van der Waals surface area contributed by atoms with Gasteiger partial charge in [-0.3, -0.25) is 0 Å². The number of nitrogens with one attached hydrogen (secondary N) is 1. The molecule has 1 heterocycles. The second-order valence-corrected chi connectivity index (χ2v) is 3.58. The van der Waals surface area contributed by atoms with Crippen LogP contribution in [0.5, 0.6) is 0 Å². The zero-order valence-electron chi connectivity index (χ0n) is 9.43. The van der Waals surface area contributed by atoms with Gasteiger partial charge in [0.25, 0.3) is 0 Å². The first kappa shape index (κ1) is 12.4. The monoisotopic (exact) mass is 224 g/mol. The number of nitrogens with zero attached hydrogens (tertiary/aromatic N) is 1. The van der Waals surface area contributed by atoms with Crippen molar-refractivity contribution in [2.75, 3.05) is 18.5 Å². The third-order valence-electron chi connectivity index (χ3n) is 1.87. The van der Waals surface area contributed by atoms with Crippen molar-refractivity contribution in [3.63, 3.8) is 0 Å². The Balaban J connectivity index is 2.35. The van der Waals surface area contributed by atoms with Gasteiger partial charge in [-0.2, -0.15) is 0 Å². The van der Waals surface area contributed by atoms with E-state index in [-0.39, 0.29) is 11.7 Å². The van der Waals surface area contributed by atoms with Crippen LogP contribution in [0.4, 0.5) is 5.82 Å². The molecular weight excluding hydrogens is 208 g/mol. The number of aromatic carboxylic acids is 1. The number of pyridine rings is 1. The SMILES string of the molecule is CC(C)OCCNc1ccc(C(=O)O)cn1. The largest absolute Gasteiger partial charge is 0.478 e. The Bertz CT molecular complexity index is 336. The second kappa shape index (κ2) is 6.07. The molecule has 1 aromatic heterocycles. The van der Waals surface area contributed by atoms with Crippen molar-refractivity contribution in [3.05, 3.63) is 23.9 Å². The van der Waals surface area contributed by atoms with Gasteiger partial charge in [-0.05, 0) is 26.0 Å². The second-order valence-electron chi connectivity index (χ2n) is 3.58. The summed E-state index contributed by atoms with van der Waals surface area (Å²) in [7, 11) is 0. The molecule has 0 amide bonds. The molecule has 5 heteroatoms. The molecular formula is C11H16N2O3. The van der Waals surface area contributed by atoms with Crippen LogP contribution in [-0.4, -0.2) is 35.3 Å². The van der Waals surface area contributed by atoms with Crippen molar-refractivity contribution in [2.45, 2.75) is 20.0 Å². The van der Waals surface area contributed by atoms with Crippen LogP contribution in [0.3, 0.4) is 0 Å². The van der Waals surface area contributed by atoms with Crippen molar-refractivity contribution in [1.29, 1.82) is 0 Å². The molecule has 0 aliphatic rings. The Kier molecular flexibility index (Phi) is 4.72. The van der Waals surface area contributed by atoms with Gasteiger partial charge in [0, 0.05) is 12.7 Å². The molecule has 0 radical (unpaired) electrons. The highest BCUT2D eigenvalue weighted by molar-refractivity contribution is 5.87. The zero-order chi connectivity index (χ0) is 12.0. The molecule has 0 saturated heterocycles. The Morgan fingerprint density at radius 2 is 2.31 bits per heavy atom. The van der Waals surface area contributed by atoms with Gasteiger partial charge in [0.05, 0.1) is 18.3 Å². The minimum Gasteiger partial charge on any atom is -0.478 e. The van der Waals surface area contributed by atoms with E-state index in [1.165, 1.54) is 12.3 Å². The Hall–Kier alpha value is -1.62. The number of carbonyl (C=O) groups is 1. The van der Waals surface area contributed by atoms with Crippen molar-refractivity contribution < 1.29 is 14.6 Å². The highest BCUT2D eigenvalue weighted by Crippen LogP contribution is 2.04. The van der Waals surface area contributed by atoms with E-state index < -0.39 is 5.97 Å². The molecule has 0 fully saturated rings. The van der Waals surface area contributed by atoms with Crippen LogP contribution in [0, 0.1) is 0 Å². The van der Waals surface area contributed by atoms with Crippen molar-refractivity contribution in [1.82, 2.24) is 4.98 Å². The molecule has 1 aromatic rings. The fourth-order valence-electron chi connectivity index (χ4n) is 1.10. The number of carboxylic acids is 1. The van der Waals surface area contributed by atoms with E-state index >= 15 is 0 Å². The molecule has 0 aliphatic heterocycles. The Morgan fingerprint density at radius 1 is 1.56 bits per heavy atom. The summed E-state index contributed by atoms with van der Waals surface area (Å²) in [6, 6.07) is 3.15. The lowest BCUT2D eigenvalue weighted by molar-refractivity contribution is 0.0696. The van der Waals surface area contributed by atoms with E-state index in [4.69, 9.17) is 9.84 Å². The van der Waals surface area contributed by atoms with Crippen molar-refractivity contribution in [2.24, 2.45) is 0 Å². The number of hydrogen-bond donors (Lipinski definition) is 2. The minimum absolute atomic E-state index is 0.184. The lowest BCUT2D eigenvalue weighted by atomic mass is 10.3. The first-order valence-corrected chi connectivity index (χ1v) is 5.14. The molecule has 0 unspecified atom stereocenters. The maximum Gasteiger partial charge on any atom is 0.337 e.